The molecule has 139 heavy (non-hydrogen) atoms. The first kappa shape index (κ1) is 120. The van der Waals surface area contributed by atoms with E-state index in [1.54, 1.807) is 130 Å². The average Bonchev–Trinajstić information content (AvgIpc) is 1.68. The minimum atomic E-state index is -2.01. The number of carbonyl (C=O) groups excluding carboxylic acids is 18. The summed E-state index contributed by atoms with van der Waals surface area (Å²) < 4.78 is 0. The van der Waals surface area contributed by atoms with Crippen LogP contribution in [0.25, 0.3) is 0 Å². The number of rotatable bonds is 64. The molecule has 31 N–H and O–H groups in total. The Kier molecular flexibility index (Phi) is 53.5. The molecule has 1 saturated heterocycles. The maximum atomic E-state index is 14.9. The predicted octanol–water partition coefficient (Wildman–Crippen LogP) is -6.36. The maximum absolute atomic E-state index is 14.9. The first-order valence-electron chi connectivity index (χ1n) is 46.8. The lowest BCUT2D eigenvalue weighted by atomic mass is 9.94. The van der Waals surface area contributed by atoms with Crippen molar-refractivity contribution in [2.45, 2.75) is 295 Å². The highest BCUT2D eigenvalue weighted by Gasteiger charge is 2.43. The highest BCUT2D eigenvalue weighted by atomic mass is 16.4. The second kappa shape index (κ2) is 62.0. The van der Waals surface area contributed by atoms with E-state index in [1.807, 2.05) is 0 Å². The van der Waals surface area contributed by atoms with E-state index in [4.69, 9.17) is 28.3 Å². The number of aliphatic hydroxyl groups is 3. The quantitative estimate of drug-likeness (QED) is 0.0166. The van der Waals surface area contributed by atoms with Crippen LogP contribution >= 0.6 is 0 Å². The number of hydrogen-bond donors (Lipinski definition) is 27. The van der Waals surface area contributed by atoms with E-state index in [-0.39, 0.29) is 114 Å². The molecule has 1 fully saturated rings. The Morgan fingerprint density at radius 1 is 0.432 bits per heavy atom. The van der Waals surface area contributed by atoms with Crippen LogP contribution in [0.15, 0.2) is 60.7 Å². The number of unbranched alkanes of at least 4 members (excludes halogenated alkanes) is 1. The number of carboxylic acids is 2. The molecule has 48 heteroatoms. The summed E-state index contributed by atoms with van der Waals surface area (Å²) in [7, 11) is 0. The Morgan fingerprint density at radius 3 is 1.31 bits per heavy atom. The Hall–Kier alpha value is -13.1. The summed E-state index contributed by atoms with van der Waals surface area (Å²) in [6, 6.07) is -7.41. The molecule has 2 aromatic carbocycles. The van der Waals surface area contributed by atoms with Gasteiger partial charge in [0.15, 0.2) is 5.96 Å². The third-order valence-corrected chi connectivity index (χ3v) is 23.0. The summed E-state index contributed by atoms with van der Waals surface area (Å²) >= 11 is 0. The summed E-state index contributed by atoms with van der Waals surface area (Å²) in [6.07, 6.45) is -3.83. The van der Waals surface area contributed by atoms with E-state index in [1.165, 1.54) is 11.8 Å². The number of likely N-dealkylation sites (tertiary alicyclic amines) is 1. The summed E-state index contributed by atoms with van der Waals surface area (Å²) in [5.74, 6) is -22.9. The van der Waals surface area contributed by atoms with Crippen molar-refractivity contribution in [1.82, 2.24) is 95.3 Å². The van der Waals surface area contributed by atoms with E-state index in [9.17, 15) is 121 Å². The molecule has 0 bridgehead atoms. The summed E-state index contributed by atoms with van der Waals surface area (Å²) in [5, 5.41) is 101. The van der Waals surface area contributed by atoms with Crippen LogP contribution in [0.4, 0.5) is 0 Å². The minimum Gasteiger partial charge on any atom is -0.481 e. The van der Waals surface area contributed by atoms with Crippen molar-refractivity contribution in [2.24, 2.45) is 52.5 Å². The summed E-state index contributed by atoms with van der Waals surface area (Å²) in [6.45, 7) is 15.8. The largest absolute Gasteiger partial charge is 0.481 e. The average molecular weight is 1960 g/mol. The van der Waals surface area contributed by atoms with E-state index in [0.717, 1.165) is 6.92 Å². The van der Waals surface area contributed by atoms with Crippen molar-refractivity contribution < 1.29 is 121 Å². The topological polar surface area (TPSA) is 778 Å². The lowest BCUT2D eigenvalue weighted by Crippen LogP contribution is -2.63. The molecule has 0 spiro atoms. The van der Waals surface area contributed by atoms with Crippen LogP contribution in [0.2, 0.25) is 0 Å². The lowest BCUT2D eigenvalue weighted by Gasteiger charge is -2.31. The molecule has 1 aliphatic heterocycles. The predicted molar refractivity (Wildman–Crippen MR) is 505 cm³/mol. The molecule has 2 aromatic rings. The fourth-order valence-electron chi connectivity index (χ4n) is 14.5. The van der Waals surface area contributed by atoms with Gasteiger partial charge in [-0.05, 0) is 132 Å². The molecule has 0 saturated carbocycles. The van der Waals surface area contributed by atoms with Crippen LogP contribution in [0, 0.1) is 35.0 Å². The Balaban J connectivity index is 1.87. The molecule has 0 aliphatic carbocycles. The zero-order valence-corrected chi connectivity index (χ0v) is 81.1. The van der Waals surface area contributed by atoms with Crippen molar-refractivity contribution in [3.05, 3.63) is 71.8 Å². The Labute approximate surface area is 808 Å². The van der Waals surface area contributed by atoms with Crippen molar-refractivity contribution in [2.75, 3.05) is 45.9 Å². The minimum absolute atomic E-state index is 0.0190. The van der Waals surface area contributed by atoms with Gasteiger partial charge in [0.2, 0.25) is 106 Å². The van der Waals surface area contributed by atoms with Crippen LogP contribution < -0.4 is 113 Å². The van der Waals surface area contributed by atoms with Gasteiger partial charge in [-0.2, -0.15) is 0 Å². The molecule has 1 aliphatic rings. The number of guanidine groups is 1. The molecule has 19 atom stereocenters. The number of carboxylic acid groups (broad SMARTS) is 2. The van der Waals surface area contributed by atoms with Crippen molar-refractivity contribution >= 4 is 124 Å². The fraction of sp³-hybridized carbons (Fsp3) is 0.637. The monoisotopic (exact) mass is 1960 g/mol. The summed E-state index contributed by atoms with van der Waals surface area (Å²) in [5.41, 5.74) is 23.9. The number of carbonyl (C=O) groups is 20. The highest BCUT2D eigenvalue weighted by Crippen LogP contribution is 2.23. The fourth-order valence-corrected chi connectivity index (χ4v) is 14.5. The van der Waals surface area contributed by atoms with Gasteiger partial charge in [0.25, 0.3) is 0 Å². The number of nitrogens with one attached hydrogen (secondary N) is 18. The first-order chi connectivity index (χ1) is 65.5. The van der Waals surface area contributed by atoms with Gasteiger partial charge < -0.3 is 144 Å². The molecule has 3 rings (SSSR count). The number of amides is 18. The third kappa shape index (κ3) is 43.2. The standard InChI is InChI=1S/C91H147N23O25/c1-13-50(9)72(111-69(120)44-99-84(132)66-31-24-38-114(66)89(137)62(39-47(3)4)108-83(131)64(45-115)109-75(123)52(11)100-80(128)60(41-54-25-17-15-18-26-54)106-85(133)71(94)49(7)8)87(135)112-73(51(10)14-2)86(134)107-61(42-55-27-19-16-20-28-55)81(129)113-74(53(12)117)88(136)105-57(30-23-37-97-91(95)96)78(126)110-65(46-116)82(130)104-59(32-34-67(93)118)79(127)102-56(29-21-22-36-92)77(125)103-58(33-35-70(121)122)76(124)98-43-68(119)101-63(90(138)139)40-48(5)6/h15-20,25-28,47-53,56-66,71-74,115-117H,13-14,21-24,29-46,92,94H2,1-12H3,(H2,93,118)(H,98,124)(H,99,132)(H,100,128)(H,101,119)(H,102,127)(H,103,125)(H,104,130)(H,105,136)(H,106,133)(H,107,134)(H,108,131)(H,109,123)(H,110,126)(H,111,120)(H,112,135)(H,113,129)(H,121,122)(H,138,139)(H4,95,96,97)/t50-,51-,52-,53+,56-,57-,58-,59-,60-,61-,62-,63-,64-,65-,66-,71-,72-,73-,74-/m0/s1. The molecule has 1 heterocycles. The van der Waals surface area contributed by atoms with Gasteiger partial charge in [-0.15, -0.1) is 0 Å². The van der Waals surface area contributed by atoms with Gasteiger partial charge in [-0.1, -0.05) is 143 Å². The zero-order chi connectivity index (χ0) is 105. The van der Waals surface area contributed by atoms with Crippen molar-refractivity contribution in [3.63, 3.8) is 0 Å². The second-order valence-corrected chi connectivity index (χ2v) is 35.9. The lowest BCUT2D eigenvalue weighted by molar-refractivity contribution is -0.142. The number of primary amides is 1. The van der Waals surface area contributed by atoms with E-state index in [0.29, 0.717) is 17.5 Å². The number of aliphatic hydroxyl groups excluding tert-OH is 3. The van der Waals surface area contributed by atoms with E-state index >= 15 is 0 Å². The Bertz CT molecular complexity index is 4460. The molecular formula is C91H147N23O25. The number of nitrogens with zero attached hydrogens (tertiary/aromatic N) is 1. The molecule has 776 valence electrons. The van der Waals surface area contributed by atoms with Gasteiger partial charge in [-0.3, -0.25) is 96.5 Å². The molecule has 48 nitrogen and oxygen atoms in total. The van der Waals surface area contributed by atoms with Gasteiger partial charge in [0.05, 0.1) is 38.4 Å². The number of nitrogens with two attached hydrogens (primary N) is 4. The first-order valence-corrected chi connectivity index (χ1v) is 46.8. The normalized spacial score (nSPS) is 16.2. The molecule has 18 amide bonds. The van der Waals surface area contributed by atoms with Crippen molar-refractivity contribution in [1.29, 1.82) is 5.41 Å². The SMILES string of the molecule is CC[C@H](C)[C@H](NC(=O)CNC(=O)[C@@H]1CCCN1C(=O)[C@H](CC(C)C)NC(=O)[C@H](CO)NC(=O)[C@H](C)NC(=O)[C@H](Cc1ccccc1)NC(=O)[C@@H](N)C(C)C)C(=O)N[C@H](C(=O)N[C@@H](Cc1ccccc1)C(=O)N[C@H](C(=O)N[C@@H](CCCNC(=N)N)C(=O)N[C@@H](CO)C(=O)N[C@@H](CCC(N)=O)C(=O)N[C@@H](CCCCN)C(=O)N[C@@H](CCC(=O)O)C(=O)NCC(=O)N[C@@H](CC(C)C)C(=O)O)[C@@H](C)O)[C@@H](C)CC. The molecule has 0 aromatic heterocycles. The number of aliphatic carboxylic acids is 2. The smallest absolute Gasteiger partial charge is 0.326 e. The summed E-state index contributed by atoms with van der Waals surface area (Å²) in [4.78, 5) is 276. The Morgan fingerprint density at radius 2 is 0.835 bits per heavy atom. The van der Waals surface area contributed by atoms with Crippen LogP contribution in [-0.2, 0) is 109 Å². The molecule has 0 unspecified atom stereocenters. The van der Waals surface area contributed by atoms with Crippen LogP contribution in [0.3, 0.4) is 0 Å². The molecular weight excluding hydrogens is 1820 g/mol. The van der Waals surface area contributed by atoms with Crippen LogP contribution in [-0.4, -0.2) is 303 Å². The molecule has 0 radical (unpaired) electrons. The van der Waals surface area contributed by atoms with E-state index in [2.05, 4.69) is 90.4 Å². The van der Waals surface area contributed by atoms with Crippen molar-refractivity contribution in [3.8, 4) is 0 Å². The number of hydrogen-bond acceptors (Lipinski definition) is 26. The second-order valence-electron chi connectivity index (χ2n) is 35.9. The van der Waals surface area contributed by atoms with Gasteiger partial charge in [0, 0.05) is 38.8 Å². The highest BCUT2D eigenvalue weighted by molar-refractivity contribution is 6.02. The van der Waals surface area contributed by atoms with E-state index < -0.39 is 291 Å². The van der Waals surface area contributed by atoms with Crippen LogP contribution in [0.5, 0.6) is 0 Å². The third-order valence-electron chi connectivity index (χ3n) is 23.0. The maximum Gasteiger partial charge on any atom is 0.326 e. The number of benzene rings is 2. The van der Waals surface area contributed by atoms with Crippen LogP contribution in [0.1, 0.15) is 191 Å². The van der Waals surface area contributed by atoms with Gasteiger partial charge >= 0.3 is 11.9 Å². The van der Waals surface area contributed by atoms with Gasteiger partial charge in [-0.25, -0.2) is 4.79 Å². The van der Waals surface area contributed by atoms with Gasteiger partial charge in [0.1, 0.15) is 90.6 Å². The zero-order valence-electron chi connectivity index (χ0n) is 81.1.